The largest absolute Gasteiger partial charge is 0.444 e. The third kappa shape index (κ3) is 4.18. The number of piperazine rings is 1. The zero-order chi connectivity index (χ0) is 16.7. The Balaban J connectivity index is 1.62. The average molecular weight is 428 g/mol. The molecule has 23 heavy (non-hydrogen) atoms. The number of carbonyl (C=O) groups excluding carboxylic acids is 1. The van der Waals surface area contributed by atoms with Crippen LogP contribution in [0.2, 0.25) is 0 Å². The summed E-state index contributed by atoms with van der Waals surface area (Å²) in [5.74, 6) is 0. The van der Waals surface area contributed by atoms with Crippen LogP contribution in [0.4, 0.5) is 4.79 Å². The number of amides is 1. The first kappa shape index (κ1) is 17.0. The minimum Gasteiger partial charge on any atom is -0.444 e. The number of rotatable bonds is 2. The highest BCUT2D eigenvalue weighted by Crippen LogP contribution is 2.45. The smallest absolute Gasteiger partial charge is 0.410 e. The van der Waals surface area contributed by atoms with Gasteiger partial charge in [-0.2, -0.15) is 0 Å². The standard InChI is InChI=1S/C18H25IN2O2/c1-17(2,3)23-16(22)21-11-10-20(13-18(21)8-9-18)12-14-4-6-15(19)7-5-14/h4-7H,8-13H2,1-3H3. The van der Waals surface area contributed by atoms with Crippen molar-refractivity contribution in [2.75, 3.05) is 19.6 Å². The number of hydrogen-bond donors (Lipinski definition) is 0. The lowest BCUT2D eigenvalue weighted by Gasteiger charge is -2.42. The van der Waals surface area contributed by atoms with E-state index < -0.39 is 5.60 Å². The van der Waals surface area contributed by atoms with Crippen molar-refractivity contribution < 1.29 is 9.53 Å². The first-order chi connectivity index (χ1) is 10.8. The molecule has 1 heterocycles. The first-order valence-electron chi connectivity index (χ1n) is 8.25. The van der Waals surface area contributed by atoms with Crippen LogP contribution in [0, 0.1) is 3.57 Å². The molecule has 2 aliphatic rings. The second-order valence-electron chi connectivity index (χ2n) is 7.69. The molecule has 3 rings (SSSR count). The van der Waals surface area contributed by atoms with Crippen LogP contribution in [0.3, 0.4) is 0 Å². The summed E-state index contributed by atoms with van der Waals surface area (Å²) in [6.45, 7) is 9.37. The van der Waals surface area contributed by atoms with Crippen LogP contribution in [0.15, 0.2) is 24.3 Å². The summed E-state index contributed by atoms with van der Waals surface area (Å²) in [5.41, 5.74) is 0.932. The number of halogens is 1. The molecule has 0 N–H and O–H groups in total. The van der Waals surface area contributed by atoms with Crippen LogP contribution in [-0.2, 0) is 11.3 Å². The van der Waals surface area contributed by atoms with E-state index >= 15 is 0 Å². The highest BCUT2D eigenvalue weighted by molar-refractivity contribution is 14.1. The van der Waals surface area contributed by atoms with Gasteiger partial charge in [0, 0.05) is 29.7 Å². The maximum absolute atomic E-state index is 12.5. The lowest BCUT2D eigenvalue weighted by Crippen LogP contribution is -2.57. The number of ether oxygens (including phenoxy) is 1. The zero-order valence-electron chi connectivity index (χ0n) is 14.1. The molecule has 1 spiro atoms. The molecule has 0 radical (unpaired) electrons. The van der Waals surface area contributed by atoms with Gasteiger partial charge in [-0.1, -0.05) is 12.1 Å². The molecule has 126 valence electrons. The van der Waals surface area contributed by atoms with Crippen molar-refractivity contribution in [3.63, 3.8) is 0 Å². The third-order valence-electron chi connectivity index (χ3n) is 4.49. The number of benzene rings is 1. The molecular weight excluding hydrogens is 403 g/mol. The predicted molar refractivity (Wildman–Crippen MR) is 99.3 cm³/mol. The molecule has 0 atom stereocenters. The molecule has 0 unspecified atom stereocenters. The Labute approximate surface area is 152 Å². The van der Waals surface area contributed by atoms with E-state index in [9.17, 15) is 4.79 Å². The fourth-order valence-electron chi connectivity index (χ4n) is 3.22. The maximum Gasteiger partial charge on any atom is 0.410 e. The molecule has 1 saturated heterocycles. The summed E-state index contributed by atoms with van der Waals surface area (Å²) in [7, 11) is 0. The van der Waals surface area contributed by atoms with Crippen LogP contribution >= 0.6 is 22.6 Å². The van der Waals surface area contributed by atoms with Gasteiger partial charge in [0.2, 0.25) is 0 Å². The van der Waals surface area contributed by atoms with Crippen molar-refractivity contribution in [1.29, 1.82) is 0 Å². The van der Waals surface area contributed by atoms with Crippen molar-refractivity contribution in [3.05, 3.63) is 33.4 Å². The minimum absolute atomic E-state index is 0.0176. The summed E-state index contributed by atoms with van der Waals surface area (Å²) in [4.78, 5) is 16.9. The minimum atomic E-state index is -0.425. The Hall–Kier alpha value is -0.820. The fraction of sp³-hybridized carbons (Fsp3) is 0.611. The second kappa shape index (κ2) is 6.24. The van der Waals surface area contributed by atoms with E-state index in [1.165, 1.54) is 9.13 Å². The van der Waals surface area contributed by atoms with Crippen LogP contribution in [0.1, 0.15) is 39.2 Å². The van der Waals surface area contributed by atoms with Crippen molar-refractivity contribution >= 4 is 28.7 Å². The molecule has 2 fully saturated rings. The van der Waals surface area contributed by atoms with Crippen LogP contribution in [0.25, 0.3) is 0 Å². The van der Waals surface area contributed by atoms with Gasteiger partial charge in [-0.05, 0) is 73.9 Å². The van der Waals surface area contributed by atoms with Gasteiger partial charge in [0.25, 0.3) is 0 Å². The van der Waals surface area contributed by atoms with E-state index in [2.05, 4.69) is 51.8 Å². The lowest BCUT2D eigenvalue weighted by atomic mass is 10.1. The van der Waals surface area contributed by atoms with Crippen molar-refractivity contribution in [2.45, 2.75) is 51.3 Å². The fourth-order valence-corrected chi connectivity index (χ4v) is 3.58. The zero-order valence-corrected chi connectivity index (χ0v) is 16.3. The van der Waals surface area contributed by atoms with Gasteiger partial charge in [-0.3, -0.25) is 9.80 Å². The monoisotopic (exact) mass is 428 g/mol. The quantitative estimate of drug-likeness (QED) is 0.671. The molecule has 5 heteroatoms. The van der Waals surface area contributed by atoms with Gasteiger partial charge in [0.15, 0.2) is 0 Å². The van der Waals surface area contributed by atoms with Crippen molar-refractivity contribution in [3.8, 4) is 0 Å². The summed E-state index contributed by atoms with van der Waals surface area (Å²) in [6.07, 6.45) is 2.04. The average Bonchev–Trinajstić information content (AvgIpc) is 3.19. The predicted octanol–water partition coefficient (Wildman–Crippen LogP) is 3.88. The topological polar surface area (TPSA) is 32.8 Å². The molecule has 1 aromatic rings. The van der Waals surface area contributed by atoms with E-state index in [1.54, 1.807) is 0 Å². The van der Waals surface area contributed by atoms with Gasteiger partial charge in [-0.15, -0.1) is 0 Å². The molecule has 1 aliphatic carbocycles. The highest BCUT2D eigenvalue weighted by atomic mass is 127. The van der Waals surface area contributed by atoms with Crippen LogP contribution in [0.5, 0.6) is 0 Å². The van der Waals surface area contributed by atoms with Crippen LogP contribution < -0.4 is 0 Å². The van der Waals surface area contributed by atoms with E-state index in [4.69, 9.17) is 4.74 Å². The first-order valence-corrected chi connectivity index (χ1v) is 9.33. The molecular formula is C18H25IN2O2. The summed E-state index contributed by atoms with van der Waals surface area (Å²) in [5, 5.41) is 0. The normalized spacial score (nSPS) is 20.6. The van der Waals surface area contributed by atoms with Gasteiger partial charge in [0.1, 0.15) is 5.60 Å². The molecule has 4 nitrogen and oxygen atoms in total. The molecule has 0 aromatic heterocycles. The van der Waals surface area contributed by atoms with Crippen LogP contribution in [-0.4, -0.2) is 46.7 Å². The van der Waals surface area contributed by atoms with Gasteiger partial charge in [-0.25, -0.2) is 4.79 Å². The Morgan fingerprint density at radius 2 is 1.87 bits per heavy atom. The Kier molecular flexibility index (Phi) is 4.62. The Morgan fingerprint density at radius 3 is 2.43 bits per heavy atom. The number of carbonyl (C=O) groups is 1. The van der Waals surface area contributed by atoms with E-state index in [0.29, 0.717) is 0 Å². The summed E-state index contributed by atoms with van der Waals surface area (Å²) < 4.78 is 6.85. The van der Waals surface area contributed by atoms with Crippen molar-refractivity contribution in [2.24, 2.45) is 0 Å². The Bertz CT molecular complexity index is 576. The van der Waals surface area contributed by atoms with Crippen molar-refractivity contribution in [1.82, 2.24) is 9.80 Å². The summed E-state index contributed by atoms with van der Waals surface area (Å²) >= 11 is 2.33. The second-order valence-corrected chi connectivity index (χ2v) is 8.94. The molecule has 1 aromatic carbocycles. The van der Waals surface area contributed by atoms with Gasteiger partial charge in [0.05, 0.1) is 5.54 Å². The molecule has 1 saturated carbocycles. The maximum atomic E-state index is 12.5. The molecule has 1 aliphatic heterocycles. The molecule has 1 amide bonds. The Morgan fingerprint density at radius 1 is 1.22 bits per heavy atom. The number of nitrogens with zero attached hydrogens (tertiary/aromatic N) is 2. The SMILES string of the molecule is CC(C)(C)OC(=O)N1CCN(Cc2ccc(I)cc2)CC12CC2. The van der Waals surface area contributed by atoms with E-state index in [1.807, 2.05) is 25.7 Å². The summed E-state index contributed by atoms with van der Waals surface area (Å²) in [6, 6.07) is 8.70. The third-order valence-corrected chi connectivity index (χ3v) is 5.21. The lowest BCUT2D eigenvalue weighted by molar-refractivity contribution is -0.00808. The van der Waals surface area contributed by atoms with Gasteiger partial charge < -0.3 is 4.74 Å². The highest BCUT2D eigenvalue weighted by Gasteiger charge is 2.54. The van der Waals surface area contributed by atoms with E-state index in [-0.39, 0.29) is 11.6 Å². The number of hydrogen-bond acceptors (Lipinski definition) is 3. The molecule has 0 bridgehead atoms. The van der Waals surface area contributed by atoms with E-state index in [0.717, 1.165) is 39.0 Å². The van der Waals surface area contributed by atoms with Gasteiger partial charge >= 0.3 is 6.09 Å².